The van der Waals surface area contributed by atoms with Gasteiger partial charge < -0.3 is 10.2 Å². The highest BCUT2D eigenvalue weighted by Crippen LogP contribution is 2.19. The average Bonchev–Trinajstić information content (AvgIpc) is 2.76. The summed E-state index contributed by atoms with van der Waals surface area (Å²) < 4.78 is 0. The molecule has 0 unspecified atom stereocenters. The van der Waals surface area contributed by atoms with E-state index >= 15 is 0 Å². The van der Waals surface area contributed by atoms with Gasteiger partial charge >= 0.3 is 6.03 Å². The van der Waals surface area contributed by atoms with Gasteiger partial charge in [0.15, 0.2) is 0 Å². The second-order valence-corrected chi connectivity index (χ2v) is 7.36. The van der Waals surface area contributed by atoms with Crippen molar-refractivity contribution in [2.45, 2.75) is 26.9 Å². The zero-order valence-corrected chi connectivity index (χ0v) is 17.2. The molecule has 0 saturated carbocycles. The lowest BCUT2D eigenvalue weighted by Crippen LogP contribution is -2.34. The highest BCUT2D eigenvalue weighted by atomic mass is 16.2. The van der Waals surface area contributed by atoms with Crippen molar-refractivity contribution in [2.24, 2.45) is 0 Å². The third kappa shape index (κ3) is 4.63. The van der Waals surface area contributed by atoms with E-state index in [1.54, 1.807) is 4.90 Å². The van der Waals surface area contributed by atoms with E-state index in [2.05, 4.69) is 15.3 Å². The predicted molar refractivity (Wildman–Crippen MR) is 120 cm³/mol. The number of carbonyl (C=O) groups is 1. The number of hydrogen-bond donors (Lipinski definition) is 1. The number of aryl methyl sites for hydroxylation is 2. The number of hydrogen-bond acceptors (Lipinski definition) is 3. The van der Waals surface area contributed by atoms with Gasteiger partial charge in [-0.1, -0.05) is 60.7 Å². The number of nitrogens with one attached hydrogen (secondary N) is 1. The summed E-state index contributed by atoms with van der Waals surface area (Å²) in [6, 6.07) is 25.5. The van der Waals surface area contributed by atoms with E-state index in [-0.39, 0.29) is 6.03 Å². The molecule has 30 heavy (non-hydrogen) atoms. The maximum absolute atomic E-state index is 13.2. The van der Waals surface area contributed by atoms with Crippen molar-refractivity contribution in [1.82, 2.24) is 14.9 Å². The number of fused-ring (bicyclic) bond motifs is 1. The van der Waals surface area contributed by atoms with E-state index < -0.39 is 0 Å². The van der Waals surface area contributed by atoms with E-state index in [0.717, 1.165) is 33.5 Å². The van der Waals surface area contributed by atoms with Crippen LogP contribution in [0, 0.1) is 13.8 Å². The van der Waals surface area contributed by atoms with Gasteiger partial charge in [0.05, 0.1) is 22.4 Å². The van der Waals surface area contributed by atoms with Crippen molar-refractivity contribution in [3.8, 4) is 0 Å². The lowest BCUT2D eigenvalue weighted by atomic mass is 10.2. The van der Waals surface area contributed by atoms with Crippen LogP contribution in [0.15, 0.2) is 78.9 Å². The highest BCUT2D eigenvalue weighted by Gasteiger charge is 2.15. The third-order valence-electron chi connectivity index (χ3n) is 5.05. The first-order chi connectivity index (χ1) is 14.6. The van der Waals surface area contributed by atoms with Crippen LogP contribution in [0.1, 0.15) is 22.5 Å². The Kier molecular flexibility index (Phi) is 5.70. The average molecular weight is 396 g/mol. The molecule has 0 saturated heterocycles. The molecule has 0 aliphatic heterocycles. The van der Waals surface area contributed by atoms with Crippen molar-refractivity contribution >= 4 is 22.8 Å². The number of benzene rings is 3. The molecule has 4 aromatic rings. The summed E-state index contributed by atoms with van der Waals surface area (Å²) >= 11 is 0. The fourth-order valence-corrected chi connectivity index (χ4v) is 3.32. The molecule has 0 fully saturated rings. The molecule has 1 heterocycles. The Balaban J connectivity index is 1.57. The first kappa shape index (κ1) is 19.6. The van der Waals surface area contributed by atoms with Crippen molar-refractivity contribution < 1.29 is 4.79 Å². The molecule has 5 heteroatoms. The Morgan fingerprint density at radius 3 is 1.87 bits per heavy atom. The molecule has 150 valence electrons. The van der Waals surface area contributed by atoms with Gasteiger partial charge in [-0.15, -0.1) is 0 Å². The fourth-order valence-electron chi connectivity index (χ4n) is 3.32. The second kappa shape index (κ2) is 8.74. The number of nitrogens with zero attached hydrogens (tertiary/aromatic N) is 3. The standard InChI is InChI=1S/C25H24N4O/c1-18-19(2)27-24-15-22(13-14-23(24)26-18)28-25(30)29(16-20-9-5-3-6-10-20)17-21-11-7-4-8-12-21/h3-15H,16-17H2,1-2H3,(H,28,30). The van der Waals surface area contributed by atoms with Crippen LogP contribution in [0.2, 0.25) is 0 Å². The molecular weight excluding hydrogens is 372 g/mol. The number of urea groups is 1. The molecule has 5 nitrogen and oxygen atoms in total. The summed E-state index contributed by atoms with van der Waals surface area (Å²) in [5.74, 6) is 0. The van der Waals surface area contributed by atoms with Crippen molar-refractivity contribution in [1.29, 1.82) is 0 Å². The van der Waals surface area contributed by atoms with Crippen molar-refractivity contribution in [3.05, 3.63) is 101 Å². The maximum atomic E-state index is 13.2. The largest absolute Gasteiger partial charge is 0.322 e. The second-order valence-electron chi connectivity index (χ2n) is 7.36. The quantitative estimate of drug-likeness (QED) is 0.486. The van der Waals surface area contributed by atoms with E-state index in [9.17, 15) is 4.79 Å². The Morgan fingerprint density at radius 1 is 0.767 bits per heavy atom. The summed E-state index contributed by atoms with van der Waals surface area (Å²) in [5, 5.41) is 3.03. The summed E-state index contributed by atoms with van der Waals surface area (Å²) in [6.45, 7) is 4.93. The molecule has 0 spiro atoms. The molecule has 0 aliphatic carbocycles. The number of rotatable bonds is 5. The molecule has 1 N–H and O–H groups in total. The van der Waals surface area contributed by atoms with E-state index in [1.165, 1.54) is 0 Å². The summed E-state index contributed by atoms with van der Waals surface area (Å²) in [5.41, 5.74) is 6.27. The molecule has 0 atom stereocenters. The van der Waals surface area contributed by atoms with Crippen LogP contribution in [0.3, 0.4) is 0 Å². The van der Waals surface area contributed by atoms with E-state index in [0.29, 0.717) is 18.8 Å². The zero-order chi connectivity index (χ0) is 20.9. The van der Waals surface area contributed by atoms with Gasteiger partial charge in [0.1, 0.15) is 0 Å². The molecule has 1 aromatic heterocycles. The molecule has 3 aromatic carbocycles. The first-order valence-corrected chi connectivity index (χ1v) is 9.97. The number of aromatic nitrogens is 2. The van der Waals surface area contributed by atoms with Crippen LogP contribution < -0.4 is 5.32 Å². The number of anilines is 1. The van der Waals surface area contributed by atoms with Gasteiger partial charge in [-0.25, -0.2) is 14.8 Å². The third-order valence-corrected chi connectivity index (χ3v) is 5.05. The summed E-state index contributed by atoms with van der Waals surface area (Å²) in [7, 11) is 0. The molecule has 4 rings (SSSR count). The lowest BCUT2D eigenvalue weighted by Gasteiger charge is -2.23. The van der Waals surface area contributed by atoms with Gasteiger partial charge in [-0.3, -0.25) is 0 Å². The normalized spacial score (nSPS) is 10.7. The minimum atomic E-state index is -0.154. The van der Waals surface area contributed by atoms with E-state index in [1.807, 2.05) is 92.7 Å². The lowest BCUT2D eigenvalue weighted by molar-refractivity contribution is 0.206. The van der Waals surface area contributed by atoms with Crippen LogP contribution in [0.5, 0.6) is 0 Å². The summed E-state index contributed by atoms with van der Waals surface area (Å²) in [4.78, 5) is 24.1. The van der Waals surface area contributed by atoms with Gasteiger partial charge in [0.25, 0.3) is 0 Å². The highest BCUT2D eigenvalue weighted by molar-refractivity contribution is 5.91. The van der Waals surface area contributed by atoms with Crippen LogP contribution in [-0.4, -0.2) is 20.9 Å². The smallest absolute Gasteiger partial charge is 0.316 e. The van der Waals surface area contributed by atoms with Crippen molar-refractivity contribution in [2.75, 3.05) is 5.32 Å². The SMILES string of the molecule is Cc1nc2ccc(NC(=O)N(Cc3ccccc3)Cc3ccccc3)cc2nc1C. The minimum Gasteiger partial charge on any atom is -0.316 e. The van der Waals surface area contributed by atoms with Gasteiger partial charge in [0, 0.05) is 18.8 Å². The molecule has 0 radical (unpaired) electrons. The van der Waals surface area contributed by atoms with E-state index in [4.69, 9.17) is 0 Å². The summed E-state index contributed by atoms with van der Waals surface area (Å²) in [6.07, 6.45) is 0. The number of amides is 2. The van der Waals surface area contributed by atoms with Gasteiger partial charge in [-0.2, -0.15) is 0 Å². The monoisotopic (exact) mass is 396 g/mol. The van der Waals surface area contributed by atoms with Crippen LogP contribution in [0.25, 0.3) is 11.0 Å². The van der Waals surface area contributed by atoms with Gasteiger partial charge in [-0.05, 0) is 43.2 Å². The number of carbonyl (C=O) groups excluding carboxylic acids is 1. The molecule has 2 amide bonds. The topological polar surface area (TPSA) is 58.1 Å². The first-order valence-electron chi connectivity index (χ1n) is 9.97. The molecule has 0 bridgehead atoms. The minimum absolute atomic E-state index is 0.154. The Hall–Kier alpha value is -3.73. The van der Waals surface area contributed by atoms with Gasteiger partial charge in [0.2, 0.25) is 0 Å². The predicted octanol–water partition coefficient (Wildman–Crippen LogP) is 5.48. The Bertz CT molecular complexity index is 1120. The molecule has 0 aliphatic rings. The van der Waals surface area contributed by atoms with Crippen molar-refractivity contribution in [3.63, 3.8) is 0 Å². The van der Waals surface area contributed by atoms with Crippen LogP contribution >= 0.6 is 0 Å². The fraction of sp³-hybridized carbons (Fsp3) is 0.160. The Labute approximate surface area is 176 Å². The van der Waals surface area contributed by atoms with Crippen LogP contribution in [-0.2, 0) is 13.1 Å². The maximum Gasteiger partial charge on any atom is 0.322 e. The van der Waals surface area contributed by atoms with Crippen LogP contribution in [0.4, 0.5) is 10.5 Å². The Morgan fingerprint density at radius 2 is 1.30 bits per heavy atom. The zero-order valence-electron chi connectivity index (χ0n) is 17.2. The molecular formula is C25H24N4O.